The highest BCUT2D eigenvalue weighted by Crippen LogP contribution is 2.38. The molecule has 4 heterocycles. The quantitative estimate of drug-likeness (QED) is 0.147. The normalized spacial score (nSPS) is 18.9. The predicted molar refractivity (Wildman–Crippen MR) is 204 cm³/mol. The van der Waals surface area contributed by atoms with Crippen molar-refractivity contribution < 1.29 is 47.9 Å². The van der Waals surface area contributed by atoms with Gasteiger partial charge in [0.25, 0.3) is 0 Å². The number of aliphatic hydroxyl groups is 1. The molecular weight excluding hydrogens is 762 g/mol. The Hall–Kier alpha value is -6.18. The van der Waals surface area contributed by atoms with E-state index in [9.17, 15) is 23.2 Å². The first kappa shape index (κ1) is 41.5. The van der Waals surface area contributed by atoms with Crippen LogP contribution in [0.3, 0.4) is 0 Å². The number of piperazine rings is 1. The Balaban J connectivity index is 0.000000565. The first-order valence-electron chi connectivity index (χ1n) is 18.6. The molecule has 17 nitrogen and oxygen atoms in total. The van der Waals surface area contributed by atoms with Gasteiger partial charge in [0.2, 0.25) is 5.79 Å². The van der Waals surface area contributed by atoms with Crippen molar-refractivity contribution in [3.63, 3.8) is 0 Å². The average Bonchev–Trinajstić information content (AvgIpc) is 3.98. The van der Waals surface area contributed by atoms with E-state index in [1.807, 2.05) is 50.2 Å². The van der Waals surface area contributed by atoms with Gasteiger partial charge in [-0.25, -0.2) is 37.3 Å². The van der Waals surface area contributed by atoms with Gasteiger partial charge in [-0.3, -0.25) is 4.79 Å². The van der Waals surface area contributed by atoms with Crippen LogP contribution in [0.5, 0.6) is 5.75 Å². The number of rotatable bonds is 14. The first-order chi connectivity index (χ1) is 27.9. The van der Waals surface area contributed by atoms with Crippen LogP contribution in [0, 0.1) is 11.6 Å². The standard InChI is InChI=1S/C35H38F2N8O4.C4H6O5/c1-3-25(2)45-34(46)44(24-40-45)29-7-5-27(6-8-29)41-14-16-42(17-15-41)28-9-11-30(12-10-28)47-19-31-20-48-35(49-31,21-43-23-38-22-39-43)32-13-4-26(36)18-33(32)37;5-2(4(8)9)1-3(6)7/h4-13,18,22-25,31H,3,14-17,19-21H2,1-2H3;2,5H,1H2,(H,6,7)(H,8,9)/t25?,31-,35-;/m0./s1. The number of carbonyl (C=O) groups is 2. The number of aromatic nitrogens is 6. The number of hydrogen-bond acceptors (Lipinski definition) is 12. The molecule has 2 aliphatic rings. The molecule has 0 spiro atoms. The number of aliphatic hydroxyl groups excluding tert-OH is 1. The van der Waals surface area contributed by atoms with Gasteiger partial charge in [0, 0.05) is 49.2 Å². The summed E-state index contributed by atoms with van der Waals surface area (Å²) >= 11 is 0. The third-order valence-electron chi connectivity index (χ3n) is 9.80. The molecule has 0 radical (unpaired) electrons. The molecule has 2 saturated heterocycles. The van der Waals surface area contributed by atoms with E-state index in [0.717, 1.165) is 55.7 Å². The fraction of sp³-hybridized carbons (Fsp3) is 0.385. The second-order valence-corrected chi connectivity index (χ2v) is 13.8. The number of carboxylic acids is 2. The molecule has 3 aromatic carbocycles. The van der Waals surface area contributed by atoms with Crippen LogP contribution >= 0.6 is 0 Å². The summed E-state index contributed by atoms with van der Waals surface area (Å²) in [6.07, 6.45) is 2.22. The number of hydrogen-bond donors (Lipinski definition) is 3. The number of anilines is 2. The number of aliphatic carboxylic acids is 2. The summed E-state index contributed by atoms with van der Waals surface area (Å²) in [6, 6.07) is 19.3. The molecule has 0 aliphatic carbocycles. The molecule has 0 amide bonds. The van der Waals surface area contributed by atoms with Crippen molar-refractivity contribution >= 4 is 23.3 Å². The zero-order valence-corrected chi connectivity index (χ0v) is 31.8. The van der Waals surface area contributed by atoms with Crippen LogP contribution in [0.25, 0.3) is 5.69 Å². The zero-order valence-electron chi connectivity index (χ0n) is 31.8. The van der Waals surface area contributed by atoms with Crippen molar-refractivity contribution in [2.24, 2.45) is 0 Å². The van der Waals surface area contributed by atoms with Gasteiger partial charge in [0.15, 0.2) is 6.10 Å². The highest BCUT2D eigenvalue weighted by Gasteiger charge is 2.46. The van der Waals surface area contributed by atoms with E-state index in [1.165, 1.54) is 34.2 Å². The van der Waals surface area contributed by atoms with Crippen LogP contribution < -0.4 is 20.2 Å². The van der Waals surface area contributed by atoms with Gasteiger partial charge >= 0.3 is 17.6 Å². The molecule has 58 heavy (non-hydrogen) atoms. The number of carboxylic acid groups (broad SMARTS) is 2. The molecule has 2 fully saturated rings. The lowest BCUT2D eigenvalue weighted by Crippen LogP contribution is -2.46. The van der Waals surface area contributed by atoms with E-state index in [1.54, 1.807) is 10.9 Å². The van der Waals surface area contributed by atoms with Crippen LogP contribution in [-0.2, 0) is 31.4 Å². The highest BCUT2D eigenvalue weighted by atomic mass is 19.1. The van der Waals surface area contributed by atoms with Crippen molar-refractivity contribution in [3.05, 3.63) is 113 Å². The molecule has 7 rings (SSSR count). The maximum Gasteiger partial charge on any atom is 0.350 e. The van der Waals surface area contributed by atoms with Crippen molar-refractivity contribution in [1.82, 2.24) is 29.1 Å². The van der Waals surface area contributed by atoms with Crippen LogP contribution in [0.2, 0.25) is 0 Å². The van der Waals surface area contributed by atoms with Gasteiger partial charge in [-0.2, -0.15) is 10.2 Å². The van der Waals surface area contributed by atoms with Gasteiger partial charge in [0.1, 0.15) is 55.6 Å². The zero-order chi connectivity index (χ0) is 41.4. The second kappa shape index (κ2) is 18.4. The molecule has 308 valence electrons. The molecule has 2 aliphatic heterocycles. The number of ether oxygens (including phenoxy) is 3. The smallest absolute Gasteiger partial charge is 0.350 e. The maximum absolute atomic E-state index is 14.9. The third-order valence-corrected chi connectivity index (χ3v) is 9.80. The highest BCUT2D eigenvalue weighted by molar-refractivity contribution is 5.79. The molecule has 2 unspecified atom stereocenters. The van der Waals surface area contributed by atoms with E-state index >= 15 is 0 Å². The monoisotopic (exact) mass is 806 g/mol. The minimum atomic E-state index is -1.79. The predicted octanol–water partition coefficient (Wildman–Crippen LogP) is 3.46. The largest absolute Gasteiger partial charge is 0.491 e. The lowest BCUT2D eigenvalue weighted by Gasteiger charge is -2.37. The number of benzene rings is 3. The van der Waals surface area contributed by atoms with E-state index in [4.69, 9.17) is 29.5 Å². The summed E-state index contributed by atoms with van der Waals surface area (Å²) in [7, 11) is 0. The Morgan fingerprint density at radius 2 is 1.57 bits per heavy atom. The molecule has 2 aromatic heterocycles. The van der Waals surface area contributed by atoms with E-state index in [-0.39, 0.29) is 37.1 Å². The molecule has 3 N–H and O–H groups in total. The summed E-state index contributed by atoms with van der Waals surface area (Å²) < 4.78 is 51.4. The fourth-order valence-corrected chi connectivity index (χ4v) is 6.49. The van der Waals surface area contributed by atoms with Gasteiger partial charge in [-0.1, -0.05) is 6.92 Å². The van der Waals surface area contributed by atoms with Crippen molar-refractivity contribution in [1.29, 1.82) is 0 Å². The third kappa shape index (κ3) is 9.85. The van der Waals surface area contributed by atoms with Crippen LogP contribution in [0.1, 0.15) is 38.3 Å². The Bertz CT molecular complexity index is 2190. The molecule has 0 saturated carbocycles. The van der Waals surface area contributed by atoms with Crippen molar-refractivity contribution in [2.45, 2.75) is 57.3 Å². The summed E-state index contributed by atoms with van der Waals surface area (Å²) in [6.45, 7) is 7.80. The minimum absolute atomic E-state index is 0.0334. The first-order valence-corrected chi connectivity index (χ1v) is 18.6. The molecule has 5 aromatic rings. The van der Waals surface area contributed by atoms with Crippen molar-refractivity contribution in [3.8, 4) is 11.4 Å². The van der Waals surface area contributed by atoms with Crippen molar-refractivity contribution in [2.75, 3.05) is 49.2 Å². The topological polar surface area (TPSA) is 200 Å². The summed E-state index contributed by atoms with van der Waals surface area (Å²) in [5, 5.41) is 32.5. The second-order valence-electron chi connectivity index (χ2n) is 13.8. The Morgan fingerprint density at radius 3 is 2.12 bits per heavy atom. The maximum atomic E-state index is 14.9. The Labute approximate surface area is 331 Å². The SMILES string of the molecule is CCC(C)n1ncn(-c2ccc(N3CCN(c4ccc(OC[C@H]5CO[C@](Cn6cncn6)(c6ccc(F)cc6F)O5)cc4)CC3)cc2)c1=O.O=C(O)CC(O)C(=O)O. The summed E-state index contributed by atoms with van der Waals surface area (Å²) in [4.78, 5) is 40.8. The Morgan fingerprint density at radius 1 is 0.931 bits per heavy atom. The lowest BCUT2D eigenvalue weighted by atomic mass is 10.0. The molecular formula is C39H44F2N8O9. The molecule has 19 heteroatoms. The van der Waals surface area contributed by atoms with Gasteiger partial charge in [0.05, 0.1) is 24.8 Å². The minimum Gasteiger partial charge on any atom is -0.491 e. The van der Waals surface area contributed by atoms with Gasteiger partial charge in [-0.15, -0.1) is 0 Å². The number of nitrogens with zero attached hydrogens (tertiary/aromatic N) is 8. The number of halogens is 2. The fourth-order valence-electron chi connectivity index (χ4n) is 6.49. The molecule has 4 atom stereocenters. The van der Waals surface area contributed by atoms with Crippen LogP contribution in [0.4, 0.5) is 20.2 Å². The van der Waals surface area contributed by atoms with E-state index in [2.05, 4.69) is 37.1 Å². The Kier molecular flexibility index (Phi) is 13.1. The summed E-state index contributed by atoms with van der Waals surface area (Å²) in [5.74, 6) is -5.14. The average molecular weight is 807 g/mol. The lowest BCUT2D eigenvalue weighted by molar-refractivity contribution is -0.192. The summed E-state index contributed by atoms with van der Waals surface area (Å²) in [5.41, 5.74) is 2.95. The van der Waals surface area contributed by atoms with Crippen LogP contribution in [0.15, 0.2) is 90.5 Å². The van der Waals surface area contributed by atoms with E-state index in [0.29, 0.717) is 5.75 Å². The molecule has 0 bridgehead atoms. The van der Waals surface area contributed by atoms with Gasteiger partial charge < -0.3 is 39.3 Å². The van der Waals surface area contributed by atoms with Gasteiger partial charge in [-0.05, 0) is 74.0 Å². The van der Waals surface area contributed by atoms with Crippen LogP contribution in [-0.4, -0.2) is 108 Å². The van der Waals surface area contributed by atoms with E-state index < -0.39 is 48.0 Å².